The second-order valence-electron chi connectivity index (χ2n) is 6.16. The zero-order valence-corrected chi connectivity index (χ0v) is 15.2. The molecule has 6 heteroatoms. The third-order valence-electron chi connectivity index (χ3n) is 4.26. The van der Waals surface area contributed by atoms with Gasteiger partial charge in [0.2, 0.25) is 0 Å². The van der Waals surface area contributed by atoms with E-state index in [-0.39, 0.29) is 11.6 Å². The van der Waals surface area contributed by atoms with Crippen LogP contribution in [0.15, 0.2) is 48.5 Å². The lowest BCUT2D eigenvalue weighted by Gasteiger charge is -2.07. The summed E-state index contributed by atoms with van der Waals surface area (Å²) in [7, 11) is 0. The fourth-order valence-corrected chi connectivity index (χ4v) is 3.10. The van der Waals surface area contributed by atoms with Gasteiger partial charge in [-0.15, -0.1) is 0 Å². The van der Waals surface area contributed by atoms with Gasteiger partial charge < -0.3 is 5.32 Å². The maximum Gasteiger partial charge on any atom is 0.132 e. The van der Waals surface area contributed by atoms with E-state index in [1.807, 2.05) is 13.0 Å². The predicted molar refractivity (Wildman–Crippen MR) is 99.3 cm³/mol. The Morgan fingerprint density at radius 3 is 2.54 bits per heavy atom. The first kappa shape index (κ1) is 18.5. The summed E-state index contributed by atoms with van der Waals surface area (Å²) in [6.07, 6.45) is 0.604. The number of halogens is 3. The molecule has 26 heavy (non-hydrogen) atoms. The first-order valence-electron chi connectivity index (χ1n) is 8.45. The van der Waals surface area contributed by atoms with E-state index < -0.39 is 0 Å². The van der Waals surface area contributed by atoms with Crippen LogP contribution in [0.3, 0.4) is 0 Å². The SMILES string of the molecule is Cc1nn(Cc2ccc(F)cc2)c(Cl)c1CNCCc1ccccc1F. The van der Waals surface area contributed by atoms with Crippen LogP contribution >= 0.6 is 11.6 Å². The molecule has 1 N–H and O–H groups in total. The zero-order chi connectivity index (χ0) is 18.5. The minimum Gasteiger partial charge on any atom is -0.312 e. The number of hydrogen-bond acceptors (Lipinski definition) is 2. The molecule has 0 spiro atoms. The molecule has 0 atom stereocenters. The second kappa shape index (κ2) is 8.43. The fraction of sp³-hybridized carbons (Fsp3) is 0.250. The molecule has 1 aromatic heterocycles. The van der Waals surface area contributed by atoms with Gasteiger partial charge in [0.05, 0.1) is 12.2 Å². The van der Waals surface area contributed by atoms with Gasteiger partial charge in [-0.1, -0.05) is 41.9 Å². The summed E-state index contributed by atoms with van der Waals surface area (Å²) in [6.45, 7) is 3.58. The molecule has 0 aliphatic carbocycles. The Labute approximate surface area is 156 Å². The topological polar surface area (TPSA) is 29.9 Å². The van der Waals surface area contributed by atoms with Crippen LogP contribution in [-0.4, -0.2) is 16.3 Å². The molecule has 0 saturated carbocycles. The Hall–Kier alpha value is -2.24. The quantitative estimate of drug-likeness (QED) is 0.616. The Kier molecular flexibility index (Phi) is 6.01. The molecule has 1 heterocycles. The van der Waals surface area contributed by atoms with E-state index in [4.69, 9.17) is 11.6 Å². The Bertz CT molecular complexity index is 875. The molecule has 3 nitrogen and oxygen atoms in total. The lowest BCUT2D eigenvalue weighted by atomic mass is 10.1. The summed E-state index contributed by atoms with van der Waals surface area (Å²) < 4.78 is 28.3. The van der Waals surface area contributed by atoms with Crippen LogP contribution in [-0.2, 0) is 19.5 Å². The number of hydrogen-bond donors (Lipinski definition) is 1. The molecular weight excluding hydrogens is 356 g/mol. The van der Waals surface area contributed by atoms with Crippen molar-refractivity contribution < 1.29 is 8.78 Å². The van der Waals surface area contributed by atoms with Gasteiger partial charge in [-0.25, -0.2) is 13.5 Å². The van der Waals surface area contributed by atoms with Crippen molar-refractivity contribution in [2.75, 3.05) is 6.54 Å². The summed E-state index contributed by atoms with van der Waals surface area (Å²) in [6, 6.07) is 13.1. The highest BCUT2D eigenvalue weighted by atomic mass is 35.5. The van der Waals surface area contributed by atoms with Crippen molar-refractivity contribution in [1.29, 1.82) is 0 Å². The number of benzene rings is 2. The highest BCUT2D eigenvalue weighted by molar-refractivity contribution is 6.30. The normalized spacial score (nSPS) is 11.1. The van der Waals surface area contributed by atoms with E-state index >= 15 is 0 Å². The lowest BCUT2D eigenvalue weighted by Crippen LogP contribution is -2.17. The molecule has 0 unspecified atom stereocenters. The molecule has 0 radical (unpaired) electrons. The molecule has 0 aliphatic rings. The molecule has 0 bridgehead atoms. The molecule has 0 fully saturated rings. The minimum absolute atomic E-state index is 0.185. The van der Waals surface area contributed by atoms with Gasteiger partial charge in [0.15, 0.2) is 0 Å². The van der Waals surface area contributed by atoms with Crippen molar-refractivity contribution in [3.05, 3.63) is 87.7 Å². The highest BCUT2D eigenvalue weighted by Gasteiger charge is 2.13. The maximum atomic E-state index is 13.6. The summed E-state index contributed by atoms with van der Waals surface area (Å²) in [5.41, 5.74) is 3.38. The Balaban J connectivity index is 1.59. The number of nitrogens with one attached hydrogen (secondary N) is 1. The fourth-order valence-electron chi connectivity index (χ4n) is 2.80. The largest absolute Gasteiger partial charge is 0.312 e. The van der Waals surface area contributed by atoms with E-state index in [9.17, 15) is 8.78 Å². The van der Waals surface area contributed by atoms with Crippen LogP contribution in [0.2, 0.25) is 5.15 Å². The first-order valence-corrected chi connectivity index (χ1v) is 8.82. The van der Waals surface area contributed by atoms with E-state index in [0.717, 1.165) is 16.8 Å². The number of rotatable bonds is 7. The molecule has 3 rings (SSSR count). The van der Waals surface area contributed by atoms with Crippen LogP contribution < -0.4 is 5.32 Å². The van der Waals surface area contributed by atoms with Gasteiger partial charge in [-0.3, -0.25) is 0 Å². The van der Waals surface area contributed by atoms with Crippen LogP contribution in [0.1, 0.15) is 22.4 Å². The third-order valence-corrected chi connectivity index (χ3v) is 4.68. The summed E-state index contributed by atoms with van der Waals surface area (Å²) in [5, 5.41) is 8.32. The highest BCUT2D eigenvalue weighted by Crippen LogP contribution is 2.21. The standard InChI is InChI=1S/C20H20ClF2N3/c1-14-18(12-24-11-10-16-4-2-3-5-19(16)23)20(21)26(25-14)13-15-6-8-17(22)9-7-15/h2-9,24H,10-13H2,1H3. The van der Waals surface area contributed by atoms with E-state index in [1.165, 1.54) is 18.2 Å². The maximum absolute atomic E-state index is 13.6. The third kappa shape index (κ3) is 4.48. The molecule has 3 aromatic rings. The van der Waals surface area contributed by atoms with Crippen LogP contribution in [0, 0.1) is 18.6 Å². The average Bonchev–Trinajstić information content (AvgIpc) is 2.89. The average molecular weight is 376 g/mol. The molecule has 136 valence electrons. The van der Waals surface area contributed by atoms with Crippen molar-refractivity contribution in [3.63, 3.8) is 0 Å². The van der Waals surface area contributed by atoms with Gasteiger partial charge in [0.25, 0.3) is 0 Å². The second-order valence-corrected chi connectivity index (χ2v) is 6.52. The lowest BCUT2D eigenvalue weighted by molar-refractivity contribution is 0.597. The minimum atomic E-state index is -0.267. The van der Waals surface area contributed by atoms with Crippen molar-refractivity contribution in [3.8, 4) is 0 Å². The van der Waals surface area contributed by atoms with Crippen LogP contribution in [0.5, 0.6) is 0 Å². The molecule has 0 aliphatic heterocycles. The van der Waals surface area contributed by atoms with Gasteiger partial charge >= 0.3 is 0 Å². The van der Waals surface area contributed by atoms with Crippen molar-refractivity contribution >= 4 is 11.6 Å². The summed E-state index contributed by atoms with van der Waals surface area (Å²) in [4.78, 5) is 0. The monoisotopic (exact) mass is 375 g/mol. The van der Waals surface area contributed by atoms with E-state index in [2.05, 4.69) is 10.4 Å². The molecule has 2 aromatic carbocycles. The van der Waals surface area contributed by atoms with Gasteiger partial charge in [-0.05, 0) is 49.2 Å². The molecule has 0 saturated heterocycles. The number of nitrogens with zero attached hydrogens (tertiary/aromatic N) is 2. The van der Waals surface area contributed by atoms with E-state index in [0.29, 0.717) is 36.8 Å². The van der Waals surface area contributed by atoms with Crippen molar-refractivity contribution in [1.82, 2.24) is 15.1 Å². The Morgan fingerprint density at radius 1 is 1.08 bits per heavy atom. The van der Waals surface area contributed by atoms with Crippen molar-refractivity contribution in [2.24, 2.45) is 0 Å². The van der Waals surface area contributed by atoms with Gasteiger partial charge in [-0.2, -0.15) is 5.10 Å². The van der Waals surface area contributed by atoms with E-state index in [1.54, 1.807) is 28.9 Å². The molecular formula is C20H20ClF2N3. The van der Waals surface area contributed by atoms with Crippen LogP contribution in [0.25, 0.3) is 0 Å². The number of aryl methyl sites for hydroxylation is 1. The van der Waals surface area contributed by atoms with Crippen LogP contribution in [0.4, 0.5) is 8.78 Å². The summed E-state index contributed by atoms with van der Waals surface area (Å²) >= 11 is 6.46. The Morgan fingerprint density at radius 2 is 1.81 bits per heavy atom. The predicted octanol–water partition coefficient (Wildman–Crippen LogP) is 4.50. The summed E-state index contributed by atoms with van der Waals surface area (Å²) in [5.74, 6) is -0.452. The first-order chi connectivity index (χ1) is 12.5. The van der Waals surface area contributed by atoms with Gasteiger partial charge in [0.1, 0.15) is 16.8 Å². The zero-order valence-electron chi connectivity index (χ0n) is 14.5. The smallest absolute Gasteiger partial charge is 0.132 e. The number of aromatic nitrogens is 2. The molecule has 0 amide bonds. The van der Waals surface area contributed by atoms with Gasteiger partial charge in [0, 0.05) is 12.1 Å². The van der Waals surface area contributed by atoms with Crippen molar-refractivity contribution in [2.45, 2.75) is 26.4 Å².